The molecule has 102 valence electrons. The van der Waals surface area contributed by atoms with E-state index in [4.69, 9.17) is 10.4 Å². The Balaban J connectivity index is 2.97. The summed E-state index contributed by atoms with van der Waals surface area (Å²) >= 11 is 0. The van der Waals surface area contributed by atoms with Gasteiger partial charge in [-0.15, -0.1) is 0 Å². The van der Waals surface area contributed by atoms with Crippen molar-refractivity contribution in [1.29, 1.82) is 5.26 Å². The molecule has 0 bridgehead atoms. The molecule has 1 unspecified atom stereocenters. The second kappa shape index (κ2) is 6.31. The molecular weight excluding hydrogens is 268 g/mol. The number of rotatable bonds is 6. The number of nitriles is 1. The Kier molecular flexibility index (Phi) is 5.03. The van der Waals surface area contributed by atoms with Gasteiger partial charge in [0.1, 0.15) is 0 Å². The lowest BCUT2D eigenvalue weighted by Crippen LogP contribution is -2.36. The summed E-state index contributed by atoms with van der Waals surface area (Å²) in [6.45, 7) is 1.70. The van der Waals surface area contributed by atoms with Gasteiger partial charge in [0.2, 0.25) is 10.0 Å². The van der Waals surface area contributed by atoms with Crippen LogP contribution in [-0.2, 0) is 14.8 Å². The summed E-state index contributed by atoms with van der Waals surface area (Å²) in [4.78, 5) is 10.6. The molecule has 2 N–H and O–H groups in total. The largest absolute Gasteiger partial charge is 0.481 e. The van der Waals surface area contributed by atoms with Gasteiger partial charge in [0.05, 0.1) is 22.9 Å². The van der Waals surface area contributed by atoms with Crippen molar-refractivity contribution in [1.82, 2.24) is 4.72 Å². The van der Waals surface area contributed by atoms with Crippen LogP contribution in [-0.4, -0.2) is 25.5 Å². The van der Waals surface area contributed by atoms with Crippen molar-refractivity contribution < 1.29 is 18.3 Å². The van der Waals surface area contributed by atoms with E-state index in [9.17, 15) is 13.2 Å². The molecule has 0 saturated carbocycles. The quantitative estimate of drug-likeness (QED) is 0.812. The van der Waals surface area contributed by atoms with E-state index < -0.39 is 22.0 Å². The van der Waals surface area contributed by atoms with Crippen LogP contribution in [0.3, 0.4) is 0 Å². The Morgan fingerprint density at radius 2 is 2.21 bits per heavy atom. The molecule has 19 heavy (non-hydrogen) atoms. The van der Waals surface area contributed by atoms with Crippen molar-refractivity contribution in [3.63, 3.8) is 0 Å². The molecule has 0 aliphatic heterocycles. The average molecular weight is 282 g/mol. The first-order valence-corrected chi connectivity index (χ1v) is 7.11. The molecule has 0 amide bonds. The Labute approximate surface area is 111 Å². The predicted molar refractivity (Wildman–Crippen MR) is 67.8 cm³/mol. The number of hydrogen-bond acceptors (Lipinski definition) is 4. The number of carboxylic acids is 1. The van der Waals surface area contributed by atoms with Crippen LogP contribution >= 0.6 is 0 Å². The number of carbonyl (C=O) groups is 1. The average Bonchev–Trinajstić information content (AvgIpc) is 2.37. The van der Waals surface area contributed by atoms with Crippen LogP contribution in [0.25, 0.3) is 0 Å². The minimum atomic E-state index is -3.81. The van der Waals surface area contributed by atoms with Crippen molar-refractivity contribution in [3.05, 3.63) is 29.8 Å². The molecule has 1 aromatic carbocycles. The summed E-state index contributed by atoms with van der Waals surface area (Å²) in [5, 5.41) is 17.4. The lowest BCUT2D eigenvalue weighted by atomic mass is 10.2. The standard InChI is InChI=1S/C12H14N2O4S/c1-2-10(7-12(15)16)14-19(17,18)11-5-3-4-9(6-11)8-13/h3-6,10,14H,2,7H2,1H3,(H,15,16). The summed E-state index contributed by atoms with van der Waals surface area (Å²) in [5.41, 5.74) is 0.231. The Morgan fingerprint density at radius 3 is 2.74 bits per heavy atom. The van der Waals surface area contributed by atoms with Gasteiger partial charge in [0.15, 0.2) is 0 Å². The lowest BCUT2D eigenvalue weighted by molar-refractivity contribution is -0.137. The van der Waals surface area contributed by atoms with E-state index in [0.717, 1.165) is 0 Å². The number of benzene rings is 1. The van der Waals surface area contributed by atoms with Crippen LogP contribution in [0.1, 0.15) is 25.3 Å². The number of nitrogens with one attached hydrogen (secondary N) is 1. The first kappa shape index (κ1) is 15.1. The molecule has 0 aliphatic rings. The number of hydrogen-bond donors (Lipinski definition) is 2. The molecule has 7 heteroatoms. The molecule has 0 aliphatic carbocycles. The SMILES string of the molecule is CCC(CC(=O)O)NS(=O)(=O)c1cccc(C#N)c1. The molecule has 0 heterocycles. The van der Waals surface area contributed by atoms with E-state index in [1.54, 1.807) is 6.92 Å². The number of aliphatic carboxylic acids is 1. The van der Waals surface area contributed by atoms with Crippen LogP contribution in [0, 0.1) is 11.3 Å². The Bertz CT molecular complexity index is 604. The monoisotopic (exact) mass is 282 g/mol. The highest BCUT2D eigenvalue weighted by Gasteiger charge is 2.21. The van der Waals surface area contributed by atoms with Gasteiger partial charge < -0.3 is 5.11 Å². The van der Waals surface area contributed by atoms with Gasteiger partial charge in [-0.25, -0.2) is 13.1 Å². The second-order valence-electron chi connectivity index (χ2n) is 3.96. The third-order valence-corrected chi connectivity index (χ3v) is 4.03. The van der Waals surface area contributed by atoms with Crippen molar-refractivity contribution in [2.75, 3.05) is 0 Å². The van der Waals surface area contributed by atoms with E-state index in [0.29, 0.717) is 6.42 Å². The van der Waals surface area contributed by atoms with Crippen molar-refractivity contribution in [3.8, 4) is 6.07 Å². The van der Waals surface area contributed by atoms with Crippen molar-refractivity contribution in [2.45, 2.75) is 30.7 Å². The molecule has 0 spiro atoms. The third kappa shape index (κ3) is 4.35. The minimum Gasteiger partial charge on any atom is -0.481 e. The predicted octanol–water partition coefficient (Wildman–Crippen LogP) is 1.09. The number of carboxylic acid groups (broad SMARTS) is 1. The third-order valence-electron chi connectivity index (χ3n) is 2.51. The molecule has 6 nitrogen and oxygen atoms in total. The van der Waals surface area contributed by atoms with Crippen LogP contribution in [0.2, 0.25) is 0 Å². The maximum absolute atomic E-state index is 12.0. The lowest BCUT2D eigenvalue weighted by Gasteiger charge is -2.15. The molecule has 0 radical (unpaired) electrons. The topological polar surface area (TPSA) is 107 Å². The van der Waals surface area contributed by atoms with Gasteiger partial charge in [-0.3, -0.25) is 4.79 Å². The van der Waals surface area contributed by atoms with Crippen molar-refractivity contribution in [2.24, 2.45) is 0 Å². The van der Waals surface area contributed by atoms with Crippen LogP contribution < -0.4 is 4.72 Å². The molecule has 1 rings (SSSR count). The zero-order valence-corrected chi connectivity index (χ0v) is 11.1. The van der Waals surface area contributed by atoms with Gasteiger partial charge >= 0.3 is 5.97 Å². The van der Waals surface area contributed by atoms with E-state index in [-0.39, 0.29) is 16.9 Å². The van der Waals surface area contributed by atoms with E-state index >= 15 is 0 Å². The molecule has 0 aromatic heterocycles. The van der Waals surface area contributed by atoms with Crippen LogP contribution in [0.5, 0.6) is 0 Å². The zero-order valence-electron chi connectivity index (χ0n) is 10.3. The van der Waals surface area contributed by atoms with Gasteiger partial charge in [0, 0.05) is 6.04 Å². The summed E-state index contributed by atoms with van der Waals surface area (Å²) in [6, 6.07) is 6.74. The first-order valence-electron chi connectivity index (χ1n) is 5.63. The minimum absolute atomic E-state index is 0.0459. The van der Waals surface area contributed by atoms with Gasteiger partial charge in [0.25, 0.3) is 0 Å². The van der Waals surface area contributed by atoms with Gasteiger partial charge in [-0.05, 0) is 24.6 Å². The smallest absolute Gasteiger partial charge is 0.304 e. The van der Waals surface area contributed by atoms with E-state index in [1.807, 2.05) is 6.07 Å². The molecule has 0 fully saturated rings. The molecule has 1 atom stereocenters. The summed E-state index contributed by atoms with van der Waals surface area (Å²) < 4.78 is 26.4. The summed E-state index contributed by atoms with van der Waals surface area (Å²) in [5.74, 6) is -1.07. The first-order chi connectivity index (χ1) is 8.89. The Morgan fingerprint density at radius 1 is 1.53 bits per heavy atom. The highest BCUT2D eigenvalue weighted by molar-refractivity contribution is 7.89. The fraction of sp³-hybridized carbons (Fsp3) is 0.333. The fourth-order valence-electron chi connectivity index (χ4n) is 1.50. The summed E-state index contributed by atoms with van der Waals surface area (Å²) in [6.07, 6.45) is 0.0805. The fourth-order valence-corrected chi connectivity index (χ4v) is 2.87. The van der Waals surface area contributed by atoms with Gasteiger partial charge in [-0.2, -0.15) is 5.26 Å². The highest BCUT2D eigenvalue weighted by atomic mass is 32.2. The van der Waals surface area contributed by atoms with Crippen LogP contribution in [0.15, 0.2) is 29.2 Å². The maximum atomic E-state index is 12.0. The van der Waals surface area contributed by atoms with E-state index in [2.05, 4.69) is 4.72 Å². The molecule has 1 aromatic rings. The summed E-state index contributed by atoms with van der Waals surface area (Å²) in [7, 11) is -3.81. The zero-order chi connectivity index (χ0) is 14.5. The van der Waals surface area contributed by atoms with Crippen LogP contribution in [0.4, 0.5) is 0 Å². The molecular formula is C12H14N2O4S. The van der Waals surface area contributed by atoms with E-state index in [1.165, 1.54) is 24.3 Å². The molecule has 0 saturated heterocycles. The Hall–Kier alpha value is -1.91. The van der Waals surface area contributed by atoms with Crippen molar-refractivity contribution >= 4 is 16.0 Å². The highest BCUT2D eigenvalue weighted by Crippen LogP contribution is 2.12. The normalized spacial score (nSPS) is 12.6. The van der Waals surface area contributed by atoms with Gasteiger partial charge in [-0.1, -0.05) is 13.0 Å². The second-order valence-corrected chi connectivity index (χ2v) is 5.68. The number of nitrogens with zero attached hydrogens (tertiary/aromatic N) is 1. The number of sulfonamides is 1. The maximum Gasteiger partial charge on any atom is 0.304 e.